The van der Waals surface area contributed by atoms with E-state index in [1.54, 1.807) is 25.1 Å². The van der Waals surface area contributed by atoms with Crippen LogP contribution in [0.15, 0.2) is 36.4 Å². The van der Waals surface area contributed by atoms with Crippen LogP contribution in [0.1, 0.15) is 11.4 Å². The first kappa shape index (κ1) is 18.6. The minimum Gasteiger partial charge on any atom is -0.490 e. The predicted molar refractivity (Wildman–Crippen MR) is 68.4 cm³/mol. The maximum Gasteiger partial charge on any atom is 1.00 e. The molecule has 0 fully saturated rings. The molecule has 0 bridgehead atoms. The Hall–Kier alpha value is -0.409. The van der Waals surface area contributed by atoms with Crippen LogP contribution in [0.4, 0.5) is 17.3 Å². The van der Waals surface area contributed by atoms with Crippen LogP contribution in [0.3, 0.4) is 0 Å². The summed E-state index contributed by atoms with van der Waals surface area (Å²) in [7, 11) is 0. The van der Waals surface area contributed by atoms with Gasteiger partial charge in [0.25, 0.3) is 0 Å². The second kappa shape index (κ2) is 7.73. The Morgan fingerprint density at radius 2 is 1.86 bits per heavy atom. The fourth-order valence-corrected chi connectivity index (χ4v) is 1.74. The van der Waals surface area contributed by atoms with Crippen molar-refractivity contribution in [1.29, 1.82) is 0 Å². The number of benzene rings is 1. The van der Waals surface area contributed by atoms with Crippen molar-refractivity contribution < 1.29 is 73.5 Å². The van der Waals surface area contributed by atoms with Gasteiger partial charge in [0.05, 0.1) is 11.4 Å². The number of aryl methyl sites for hydroxylation is 1. The van der Waals surface area contributed by atoms with E-state index in [4.69, 9.17) is 4.74 Å². The van der Waals surface area contributed by atoms with Crippen LogP contribution in [-0.2, 0) is 6.61 Å². The van der Waals surface area contributed by atoms with Crippen molar-refractivity contribution in [3.8, 4) is 5.75 Å². The molecule has 0 radical (unpaired) electrons. The van der Waals surface area contributed by atoms with E-state index in [1.165, 1.54) is 0 Å². The van der Waals surface area contributed by atoms with Gasteiger partial charge in [-0.3, -0.25) is 4.98 Å². The third kappa shape index (κ3) is 5.37. The number of hydrogen-bond acceptors (Lipinski definition) is 2. The van der Waals surface area contributed by atoms with Gasteiger partial charge in [-0.25, -0.2) is 4.39 Å². The molecule has 0 unspecified atom stereocenters. The van der Waals surface area contributed by atoms with E-state index in [0.717, 1.165) is 17.8 Å². The van der Waals surface area contributed by atoms with E-state index in [-0.39, 0.29) is 63.7 Å². The van der Waals surface area contributed by atoms with Gasteiger partial charge in [-0.1, -0.05) is 11.5 Å². The van der Waals surface area contributed by atoms with E-state index < -0.39 is 18.3 Å². The molecule has 21 heavy (non-hydrogen) atoms. The fourth-order valence-electron chi connectivity index (χ4n) is 1.74. The number of ether oxygens (including phenoxy) is 1. The molecule has 0 saturated carbocycles. The van der Waals surface area contributed by atoms with Gasteiger partial charge in [0.15, 0.2) is 0 Å². The molecule has 0 aliphatic carbocycles. The minimum atomic E-state index is -5.33. The third-order valence-electron chi connectivity index (χ3n) is 2.65. The summed E-state index contributed by atoms with van der Waals surface area (Å²) >= 11 is 0. The van der Waals surface area contributed by atoms with Crippen molar-refractivity contribution in [2.24, 2.45) is 0 Å². The van der Waals surface area contributed by atoms with Gasteiger partial charge in [0, 0.05) is 5.69 Å². The van der Waals surface area contributed by atoms with Gasteiger partial charge in [-0.15, -0.1) is 0 Å². The van der Waals surface area contributed by atoms with Gasteiger partial charge >= 0.3 is 58.4 Å². The molecule has 0 N–H and O–H groups in total. The monoisotopic (exact) mass is 323 g/mol. The molecule has 1 heterocycles. The maximum atomic E-state index is 12.9. The molecule has 2 rings (SSSR count). The first-order valence-corrected chi connectivity index (χ1v) is 5.91. The average Bonchev–Trinajstić information content (AvgIpc) is 2.36. The number of halogens is 4. The summed E-state index contributed by atoms with van der Waals surface area (Å²) in [5, 5.41) is 0. The quantitative estimate of drug-likeness (QED) is 0.591. The number of pyridine rings is 1. The first-order chi connectivity index (χ1) is 9.36. The van der Waals surface area contributed by atoms with Crippen LogP contribution in [-0.4, -0.2) is 12.0 Å². The van der Waals surface area contributed by atoms with E-state index in [9.17, 15) is 17.3 Å². The van der Waals surface area contributed by atoms with E-state index in [2.05, 4.69) is 4.98 Å². The summed E-state index contributed by atoms with van der Waals surface area (Å²) in [6.45, 7) is -3.67. The van der Waals surface area contributed by atoms with Crippen LogP contribution < -0.4 is 61.6 Å². The standard InChI is InChI=1S/C13H11BF4NO.K/c1-9-3-2-4-11(19-9)8-20-13-6-5-10(15)7-12(13)14(16,17)18;/h2-7H,8H2,1H3;/q-1;+1. The number of hydrogen-bond donors (Lipinski definition) is 0. The second-order valence-corrected chi connectivity index (χ2v) is 4.32. The summed E-state index contributed by atoms with van der Waals surface area (Å²) in [6, 6.07) is 7.51. The Morgan fingerprint density at radius 1 is 1.14 bits per heavy atom. The third-order valence-corrected chi connectivity index (χ3v) is 2.65. The van der Waals surface area contributed by atoms with Crippen molar-refractivity contribution in [1.82, 2.24) is 4.98 Å². The van der Waals surface area contributed by atoms with Crippen LogP contribution in [0.25, 0.3) is 0 Å². The summed E-state index contributed by atoms with van der Waals surface area (Å²) in [5.41, 5.74) is 0.179. The number of rotatable bonds is 4. The van der Waals surface area contributed by atoms with Gasteiger partial charge < -0.3 is 17.7 Å². The number of nitrogens with zero attached hydrogens (tertiary/aromatic N) is 1. The molecular weight excluding hydrogens is 312 g/mol. The normalized spacial score (nSPS) is 10.9. The largest absolute Gasteiger partial charge is 1.00 e. The van der Waals surface area contributed by atoms with Crippen molar-refractivity contribution in [2.45, 2.75) is 13.5 Å². The number of aromatic nitrogens is 1. The topological polar surface area (TPSA) is 22.1 Å². The van der Waals surface area contributed by atoms with Gasteiger partial charge in [0.2, 0.25) is 0 Å². The molecule has 0 aliphatic heterocycles. The van der Waals surface area contributed by atoms with Crippen LogP contribution in [0, 0.1) is 12.7 Å². The molecular formula is C13H11BF4KNO. The zero-order chi connectivity index (χ0) is 14.8. The van der Waals surface area contributed by atoms with Crippen LogP contribution >= 0.6 is 0 Å². The van der Waals surface area contributed by atoms with Gasteiger partial charge in [0.1, 0.15) is 12.4 Å². The Balaban J connectivity index is 0.00000220. The van der Waals surface area contributed by atoms with Crippen molar-refractivity contribution in [3.63, 3.8) is 0 Å². The van der Waals surface area contributed by atoms with E-state index in [1.807, 2.05) is 0 Å². The van der Waals surface area contributed by atoms with Crippen molar-refractivity contribution >= 4 is 12.4 Å². The molecule has 106 valence electrons. The second-order valence-electron chi connectivity index (χ2n) is 4.32. The smallest absolute Gasteiger partial charge is 0.490 e. The van der Waals surface area contributed by atoms with E-state index in [0.29, 0.717) is 11.8 Å². The van der Waals surface area contributed by atoms with Gasteiger partial charge in [-0.2, -0.15) is 0 Å². The molecule has 1 aromatic carbocycles. The summed E-state index contributed by atoms with van der Waals surface area (Å²) in [5.74, 6) is -1.33. The molecule has 2 nitrogen and oxygen atoms in total. The molecule has 0 aliphatic rings. The first-order valence-electron chi connectivity index (χ1n) is 5.91. The molecule has 0 amide bonds. The zero-order valence-electron chi connectivity index (χ0n) is 11.6. The molecule has 1 aromatic heterocycles. The predicted octanol–water partition coefficient (Wildman–Crippen LogP) is 0.167. The summed E-state index contributed by atoms with van der Waals surface area (Å²) in [4.78, 5) is 4.12. The maximum absolute atomic E-state index is 12.9. The Bertz CT molecular complexity index is 621. The summed E-state index contributed by atoms with van der Waals surface area (Å²) in [6.07, 6.45) is 0. The molecule has 0 spiro atoms. The Labute approximate surface area is 162 Å². The van der Waals surface area contributed by atoms with Gasteiger partial charge in [-0.05, 0) is 37.3 Å². The average molecular weight is 323 g/mol. The SMILES string of the molecule is Cc1cccc(COc2ccc(F)cc2[B-](F)(F)F)n1.[K+]. The molecule has 0 saturated heterocycles. The summed E-state index contributed by atoms with van der Waals surface area (Å²) < 4.78 is 56.5. The van der Waals surface area contributed by atoms with Crippen molar-refractivity contribution in [2.75, 3.05) is 0 Å². The van der Waals surface area contributed by atoms with E-state index >= 15 is 0 Å². The minimum absolute atomic E-state index is 0. The molecule has 8 heteroatoms. The van der Waals surface area contributed by atoms with Crippen LogP contribution in [0.5, 0.6) is 5.75 Å². The van der Waals surface area contributed by atoms with Crippen LogP contribution in [0.2, 0.25) is 0 Å². The fraction of sp³-hybridized carbons (Fsp3) is 0.154. The Kier molecular flexibility index (Phi) is 6.86. The zero-order valence-corrected chi connectivity index (χ0v) is 14.7. The Morgan fingerprint density at radius 3 is 2.48 bits per heavy atom. The molecule has 0 atom stereocenters. The molecule has 2 aromatic rings. The van der Waals surface area contributed by atoms with Crippen molar-refractivity contribution in [3.05, 3.63) is 53.6 Å².